The van der Waals surface area contributed by atoms with Crippen molar-refractivity contribution in [2.24, 2.45) is 4.99 Å². The molecule has 3 rings (SSSR count). The first kappa shape index (κ1) is 15.2. The van der Waals surface area contributed by atoms with Crippen molar-refractivity contribution in [1.82, 2.24) is 5.32 Å². The molecule has 6 heteroatoms. The Balaban J connectivity index is 1.78. The van der Waals surface area contributed by atoms with Gasteiger partial charge in [0.2, 0.25) is 0 Å². The zero-order valence-corrected chi connectivity index (χ0v) is 13.1. The number of aromatic hydroxyl groups is 1. The van der Waals surface area contributed by atoms with Gasteiger partial charge in [0.05, 0.1) is 17.7 Å². The van der Waals surface area contributed by atoms with Gasteiger partial charge in [0.1, 0.15) is 11.5 Å². The molecule has 2 aromatic carbocycles. The third-order valence-electron chi connectivity index (χ3n) is 3.14. The summed E-state index contributed by atoms with van der Waals surface area (Å²) in [6, 6.07) is 13.9. The molecule has 1 fully saturated rings. The van der Waals surface area contributed by atoms with Gasteiger partial charge in [-0.05, 0) is 59.8 Å². The number of carbonyl (C=O) groups excluding carboxylic acids is 1. The summed E-state index contributed by atoms with van der Waals surface area (Å²) in [5.74, 6) is 0.762. The number of nitrogens with one attached hydrogen (secondary N) is 1. The van der Waals surface area contributed by atoms with Crippen molar-refractivity contribution in [3.05, 3.63) is 59.0 Å². The maximum absolute atomic E-state index is 12.0. The topological polar surface area (TPSA) is 70.9 Å². The molecule has 0 bridgehead atoms. The van der Waals surface area contributed by atoms with Gasteiger partial charge in [0.15, 0.2) is 5.17 Å². The number of hydrogen-bond donors (Lipinski definition) is 2. The second kappa shape index (κ2) is 6.58. The fourth-order valence-corrected chi connectivity index (χ4v) is 2.82. The molecule has 5 nitrogen and oxygen atoms in total. The number of amides is 1. The number of benzene rings is 2. The van der Waals surface area contributed by atoms with Crippen LogP contribution in [0.4, 0.5) is 5.69 Å². The molecule has 1 heterocycles. The Kier molecular flexibility index (Phi) is 4.34. The smallest absolute Gasteiger partial charge is 0.264 e. The Bertz CT molecular complexity index is 780. The first-order chi connectivity index (χ1) is 11.1. The molecule has 1 aliphatic rings. The van der Waals surface area contributed by atoms with Gasteiger partial charge in [-0.3, -0.25) is 4.79 Å². The lowest BCUT2D eigenvalue weighted by Crippen LogP contribution is -2.19. The molecule has 0 radical (unpaired) electrons. The van der Waals surface area contributed by atoms with Crippen LogP contribution in [0, 0.1) is 0 Å². The van der Waals surface area contributed by atoms with Crippen molar-refractivity contribution in [2.45, 2.75) is 0 Å². The molecule has 2 aromatic rings. The Morgan fingerprint density at radius 1 is 1.13 bits per heavy atom. The number of amidine groups is 1. The van der Waals surface area contributed by atoms with Crippen molar-refractivity contribution in [3.8, 4) is 11.5 Å². The molecular weight excluding hydrogens is 312 g/mol. The summed E-state index contributed by atoms with van der Waals surface area (Å²) >= 11 is 1.28. The van der Waals surface area contributed by atoms with Crippen LogP contribution in [0.25, 0.3) is 6.08 Å². The molecule has 0 saturated carbocycles. The number of nitrogens with zero attached hydrogens (tertiary/aromatic N) is 1. The number of rotatable bonds is 3. The molecular formula is C17H14N2O3S. The Labute approximate surface area is 137 Å². The number of thioether (sulfide) groups is 1. The summed E-state index contributed by atoms with van der Waals surface area (Å²) in [5, 5.41) is 12.6. The Hall–Kier alpha value is -2.73. The summed E-state index contributed by atoms with van der Waals surface area (Å²) in [6.07, 6.45) is 1.76. The maximum Gasteiger partial charge on any atom is 0.264 e. The minimum absolute atomic E-state index is 0.185. The highest BCUT2D eigenvalue weighted by atomic mass is 32.2. The summed E-state index contributed by atoms with van der Waals surface area (Å²) in [5.41, 5.74) is 1.57. The Morgan fingerprint density at radius 3 is 2.48 bits per heavy atom. The van der Waals surface area contributed by atoms with Gasteiger partial charge in [-0.1, -0.05) is 12.1 Å². The number of phenolic OH excluding ortho intramolecular Hbond substituents is 1. The highest BCUT2D eigenvalue weighted by Crippen LogP contribution is 2.28. The van der Waals surface area contributed by atoms with E-state index in [1.807, 2.05) is 24.3 Å². The van der Waals surface area contributed by atoms with Gasteiger partial charge in [-0.25, -0.2) is 4.99 Å². The molecule has 1 aliphatic heterocycles. The standard InChI is InChI=1S/C17H14N2O3S/c1-22-14-8-4-12(5-9-14)18-17-19-16(21)15(23-17)10-11-2-6-13(20)7-3-11/h2-10,20H,1H3,(H,18,19,21). The number of methoxy groups -OCH3 is 1. The summed E-state index contributed by atoms with van der Waals surface area (Å²) in [6.45, 7) is 0. The molecule has 23 heavy (non-hydrogen) atoms. The van der Waals surface area contributed by atoms with Crippen molar-refractivity contribution >= 4 is 34.6 Å². The van der Waals surface area contributed by atoms with Crippen LogP contribution in [0.15, 0.2) is 58.4 Å². The summed E-state index contributed by atoms with van der Waals surface area (Å²) in [7, 11) is 1.61. The van der Waals surface area contributed by atoms with E-state index in [9.17, 15) is 9.90 Å². The van der Waals surface area contributed by atoms with E-state index in [1.54, 1.807) is 37.5 Å². The van der Waals surface area contributed by atoms with Crippen LogP contribution < -0.4 is 10.1 Å². The fourth-order valence-electron chi connectivity index (χ4n) is 1.98. The number of hydrogen-bond acceptors (Lipinski definition) is 5. The van der Waals surface area contributed by atoms with Crippen molar-refractivity contribution < 1.29 is 14.6 Å². The highest BCUT2D eigenvalue weighted by molar-refractivity contribution is 8.18. The van der Waals surface area contributed by atoms with E-state index in [0.29, 0.717) is 10.1 Å². The van der Waals surface area contributed by atoms with Gasteiger partial charge < -0.3 is 15.2 Å². The quantitative estimate of drug-likeness (QED) is 0.849. The monoisotopic (exact) mass is 326 g/mol. The molecule has 1 saturated heterocycles. The third kappa shape index (κ3) is 3.73. The van der Waals surface area contributed by atoms with Gasteiger partial charge in [-0.2, -0.15) is 0 Å². The third-order valence-corrected chi connectivity index (χ3v) is 4.05. The average Bonchev–Trinajstić information content (AvgIpc) is 2.90. The predicted octanol–water partition coefficient (Wildman–Crippen LogP) is 3.29. The SMILES string of the molecule is COc1ccc(N=C2NC(=O)C(=Cc3ccc(O)cc3)S2)cc1. The van der Waals surface area contributed by atoms with E-state index in [0.717, 1.165) is 17.0 Å². The predicted molar refractivity (Wildman–Crippen MR) is 91.9 cm³/mol. The first-order valence-corrected chi connectivity index (χ1v) is 7.68. The van der Waals surface area contributed by atoms with E-state index in [1.165, 1.54) is 11.8 Å². The van der Waals surface area contributed by atoms with E-state index in [2.05, 4.69) is 10.3 Å². The number of aliphatic imine (C=N–C) groups is 1. The van der Waals surface area contributed by atoms with E-state index >= 15 is 0 Å². The van der Waals surface area contributed by atoms with Crippen LogP contribution in [-0.4, -0.2) is 23.3 Å². The Morgan fingerprint density at radius 2 is 1.83 bits per heavy atom. The number of carbonyl (C=O) groups is 1. The van der Waals surface area contributed by atoms with Crippen LogP contribution in [0.5, 0.6) is 11.5 Å². The number of ether oxygens (including phenoxy) is 1. The molecule has 0 unspecified atom stereocenters. The van der Waals surface area contributed by atoms with Crippen LogP contribution in [0.1, 0.15) is 5.56 Å². The van der Waals surface area contributed by atoms with Crippen LogP contribution in [0.3, 0.4) is 0 Å². The second-order valence-corrected chi connectivity index (χ2v) is 5.80. The van der Waals surface area contributed by atoms with Gasteiger partial charge in [-0.15, -0.1) is 0 Å². The van der Waals surface area contributed by atoms with Crippen molar-refractivity contribution in [1.29, 1.82) is 0 Å². The maximum atomic E-state index is 12.0. The van der Waals surface area contributed by atoms with Crippen LogP contribution in [0.2, 0.25) is 0 Å². The molecule has 0 aromatic heterocycles. The zero-order valence-electron chi connectivity index (χ0n) is 12.3. The van der Waals surface area contributed by atoms with E-state index in [4.69, 9.17) is 4.74 Å². The summed E-state index contributed by atoms with van der Waals surface area (Å²) in [4.78, 5) is 17.0. The summed E-state index contributed by atoms with van der Waals surface area (Å²) < 4.78 is 5.10. The van der Waals surface area contributed by atoms with E-state index < -0.39 is 0 Å². The molecule has 1 amide bonds. The fraction of sp³-hybridized carbons (Fsp3) is 0.0588. The molecule has 0 atom stereocenters. The molecule has 2 N–H and O–H groups in total. The minimum Gasteiger partial charge on any atom is -0.508 e. The highest BCUT2D eigenvalue weighted by Gasteiger charge is 2.23. The van der Waals surface area contributed by atoms with Gasteiger partial charge in [0.25, 0.3) is 5.91 Å². The minimum atomic E-state index is -0.185. The van der Waals surface area contributed by atoms with Crippen LogP contribution in [-0.2, 0) is 4.79 Å². The molecule has 0 spiro atoms. The van der Waals surface area contributed by atoms with Gasteiger partial charge in [0, 0.05) is 0 Å². The largest absolute Gasteiger partial charge is 0.508 e. The average molecular weight is 326 g/mol. The van der Waals surface area contributed by atoms with Gasteiger partial charge >= 0.3 is 0 Å². The zero-order chi connectivity index (χ0) is 16.2. The normalized spacial score (nSPS) is 17.5. The lowest BCUT2D eigenvalue weighted by atomic mass is 10.2. The second-order valence-electron chi connectivity index (χ2n) is 4.77. The first-order valence-electron chi connectivity index (χ1n) is 6.87. The lowest BCUT2D eigenvalue weighted by Gasteiger charge is -1.99. The lowest BCUT2D eigenvalue weighted by molar-refractivity contribution is -0.115. The molecule has 0 aliphatic carbocycles. The van der Waals surface area contributed by atoms with Crippen LogP contribution >= 0.6 is 11.8 Å². The van der Waals surface area contributed by atoms with E-state index in [-0.39, 0.29) is 11.7 Å². The van der Waals surface area contributed by atoms with Crippen molar-refractivity contribution in [2.75, 3.05) is 7.11 Å². The van der Waals surface area contributed by atoms with Crippen molar-refractivity contribution in [3.63, 3.8) is 0 Å². The number of phenols is 1. The molecule has 116 valence electrons.